The summed E-state index contributed by atoms with van der Waals surface area (Å²) in [5.41, 5.74) is 3.18. The van der Waals surface area contributed by atoms with E-state index in [4.69, 9.17) is 9.72 Å². The lowest BCUT2D eigenvalue weighted by Crippen LogP contribution is -2.30. The van der Waals surface area contributed by atoms with Crippen molar-refractivity contribution in [3.8, 4) is 0 Å². The number of aromatic nitrogens is 3. The van der Waals surface area contributed by atoms with E-state index >= 15 is 0 Å². The molecule has 2 aromatic heterocycles. The van der Waals surface area contributed by atoms with Gasteiger partial charge in [0.2, 0.25) is 5.91 Å². The van der Waals surface area contributed by atoms with Crippen LogP contribution in [0.1, 0.15) is 72.6 Å². The molecule has 0 aromatic carbocycles. The van der Waals surface area contributed by atoms with Gasteiger partial charge in [0.1, 0.15) is 11.1 Å². The highest BCUT2D eigenvalue weighted by atomic mass is 16.6. The minimum absolute atomic E-state index is 0.219. The van der Waals surface area contributed by atoms with Gasteiger partial charge in [-0.25, -0.2) is 19.3 Å². The van der Waals surface area contributed by atoms with Gasteiger partial charge in [-0.15, -0.1) is 0 Å². The van der Waals surface area contributed by atoms with Crippen LogP contribution in [-0.4, -0.2) is 50.1 Å². The van der Waals surface area contributed by atoms with E-state index in [0.29, 0.717) is 24.3 Å². The second kappa shape index (κ2) is 10.1. The molecule has 31 heavy (non-hydrogen) atoms. The fourth-order valence-corrected chi connectivity index (χ4v) is 3.24. The fourth-order valence-electron chi connectivity index (χ4n) is 3.24. The molecule has 0 bridgehead atoms. The Hall–Kier alpha value is -2.70. The van der Waals surface area contributed by atoms with Crippen LogP contribution in [0.2, 0.25) is 0 Å². The number of fused-ring (bicyclic) bond motifs is 1. The van der Waals surface area contributed by atoms with Crippen molar-refractivity contribution in [1.29, 1.82) is 0 Å². The molecular weight excluding hydrogens is 392 g/mol. The third-order valence-corrected chi connectivity index (χ3v) is 4.75. The molecule has 0 spiro atoms. The van der Waals surface area contributed by atoms with Crippen molar-refractivity contribution in [2.75, 3.05) is 13.1 Å². The van der Waals surface area contributed by atoms with Crippen molar-refractivity contribution in [3.63, 3.8) is 0 Å². The topological polar surface area (TPSA) is 77.3 Å². The monoisotopic (exact) mass is 428 g/mol. The highest BCUT2D eigenvalue weighted by molar-refractivity contribution is 5.89. The van der Waals surface area contributed by atoms with Crippen LogP contribution in [0, 0.1) is 12.8 Å². The summed E-state index contributed by atoms with van der Waals surface area (Å²) >= 11 is 0. The first-order chi connectivity index (χ1) is 14.7. The molecule has 0 saturated heterocycles. The van der Waals surface area contributed by atoms with Crippen molar-refractivity contribution >= 4 is 28.7 Å². The largest absolute Gasteiger partial charge is 0.443 e. The van der Waals surface area contributed by atoms with Gasteiger partial charge in [0.25, 0.3) is 0 Å². The zero-order valence-electron chi connectivity index (χ0n) is 20.2. The molecule has 1 amide bonds. The summed E-state index contributed by atoms with van der Waals surface area (Å²) in [4.78, 5) is 35.7. The second-order valence-corrected chi connectivity index (χ2v) is 8.31. The van der Waals surface area contributed by atoms with Crippen molar-refractivity contribution in [1.82, 2.24) is 19.4 Å². The molecule has 1 saturated carbocycles. The first-order valence-corrected chi connectivity index (χ1v) is 11.3. The first-order valence-electron chi connectivity index (χ1n) is 11.3. The fraction of sp³-hybridized carbons (Fsp3) is 0.583. The molecule has 4 rings (SSSR count). The van der Waals surface area contributed by atoms with Gasteiger partial charge >= 0.3 is 6.09 Å². The molecule has 0 atom stereocenters. The van der Waals surface area contributed by atoms with Gasteiger partial charge in [-0.3, -0.25) is 4.79 Å². The summed E-state index contributed by atoms with van der Waals surface area (Å²) in [5, 5.41) is 0. The van der Waals surface area contributed by atoms with E-state index in [1.165, 1.54) is 4.57 Å². The van der Waals surface area contributed by atoms with Gasteiger partial charge in [0, 0.05) is 25.2 Å². The van der Waals surface area contributed by atoms with Crippen molar-refractivity contribution in [3.05, 3.63) is 29.7 Å². The lowest BCUT2D eigenvalue weighted by Gasteiger charge is -2.19. The minimum Gasteiger partial charge on any atom is -0.443 e. The van der Waals surface area contributed by atoms with Crippen LogP contribution in [0.3, 0.4) is 0 Å². The summed E-state index contributed by atoms with van der Waals surface area (Å²) in [5.74, 6) is 0.457. The average Bonchev–Trinajstić information content (AvgIpc) is 3.39. The van der Waals surface area contributed by atoms with Gasteiger partial charge in [-0.2, -0.15) is 0 Å². The van der Waals surface area contributed by atoms with Crippen LogP contribution in [-0.2, 0) is 9.53 Å². The van der Waals surface area contributed by atoms with Crippen LogP contribution >= 0.6 is 0 Å². The third-order valence-electron chi connectivity index (χ3n) is 4.75. The molecule has 0 N–H and O–H groups in total. The summed E-state index contributed by atoms with van der Waals surface area (Å²) in [6, 6.07) is 0. The van der Waals surface area contributed by atoms with E-state index in [9.17, 15) is 9.59 Å². The number of aryl methyl sites for hydroxylation is 1. The molecule has 170 valence electrons. The molecule has 1 fully saturated rings. The Morgan fingerprint density at radius 1 is 1.13 bits per heavy atom. The molecular formula is C24H36N4O3. The van der Waals surface area contributed by atoms with Gasteiger partial charge in [-0.05, 0) is 51.7 Å². The SMILES string of the molecule is CC.CC.Cc1cn(C(=O)OC(C)(C)C)c2ncc(C3=CCN(C(=O)C4CC4)C3)nc12. The number of carbonyl (C=O) groups excluding carboxylic acids is 2. The van der Waals surface area contributed by atoms with Crippen LogP contribution in [0.25, 0.3) is 16.7 Å². The third kappa shape index (κ3) is 5.71. The summed E-state index contributed by atoms with van der Waals surface area (Å²) in [6.07, 6.45) is 6.95. The average molecular weight is 429 g/mol. The van der Waals surface area contributed by atoms with Gasteiger partial charge in [-0.1, -0.05) is 33.8 Å². The Labute approximate surface area is 185 Å². The van der Waals surface area contributed by atoms with Gasteiger partial charge < -0.3 is 9.64 Å². The van der Waals surface area contributed by atoms with Crippen molar-refractivity contribution in [2.24, 2.45) is 5.92 Å². The number of hydrogen-bond donors (Lipinski definition) is 0. The number of amides is 1. The highest BCUT2D eigenvalue weighted by Gasteiger charge is 2.35. The minimum atomic E-state index is -0.582. The molecule has 1 aliphatic heterocycles. The Balaban J connectivity index is 0.000000807. The maximum atomic E-state index is 12.4. The standard InChI is InChI=1S/C20H24N4O3.2C2H6/c1-12-10-24(19(26)27-20(2,3)4)17-16(12)22-15(9-21-17)14-7-8-23(11-14)18(25)13-5-6-13;2*1-2/h7,9-10,13H,5-6,8,11H2,1-4H3;2*1-2H3. The van der Waals surface area contributed by atoms with E-state index < -0.39 is 11.7 Å². The number of carbonyl (C=O) groups is 2. The van der Waals surface area contributed by atoms with E-state index in [0.717, 1.165) is 29.7 Å². The lowest BCUT2D eigenvalue weighted by molar-refractivity contribution is -0.131. The maximum absolute atomic E-state index is 12.4. The van der Waals surface area contributed by atoms with E-state index in [1.807, 2.05) is 66.4 Å². The van der Waals surface area contributed by atoms with Crippen LogP contribution in [0.5, 0.6) is 0 Å². The zero-order valence-corrected chi connectivity index (χ0v) is 20.2. The summed E-state index contributed by atoms with van der Waals surface area (Å²) < 4.78 is 6.85. The quantitative estimate of drug-likeness (QED) is 0.656. The molecule has 1 aliphatic carbocycles. The number of ether oxygens (including phenoxy) is 1. The molecule has 3 heterocycles. The molecule has 0 radical (unpaired) electrons. The number of hydrogen-bond acceptors (Lipinski definition) is 5. The Morgan fingerprint density at radius 2 is 1.77 bits per heavy atom. The van der Waals surface area contributed by atoms with Gasteiger partial charge in [0.15, 0.2) is 5.65 Å². The van der Waals surface area contributed by atoms with E-state index in [-0.39, 0.29) is 11.8 Å². The van der Waals surface area contributed by atoms with Crippen molar-refractivity contribution < 1.29 is 14.3 Å². The molecule has 2 aliphatic rings. The number of nitrogens with zero attached hydrogens (tertiary/aromatic N) is 4. The van der Waals surface area contributed by atoms with Crippen molar-refractivity contribution in [2.45, 2.75) is 73.8 Å². The number of rotatable bonds is 2. The molecule has 7 nitrogen and oxygen atoms in total. The Bertz CT molecular complexity index is 965. The maximum Gasteiger partial charge on any atom is 0.420 e. The molecule has 7 heteroatoms. The Kier molecular flexibility index (Phi) is 7.98. The highest BCUT2D eigenvalue weighted by Crippen LogP contribution is 2.33. The summed E-state index contributed by atoms with van der Waals surface area (Å²) in [7, 11) is 0. The zero-order chi connectivity index (χ0) is 23.3. The van der Waals surface area contributed by atoms with Gasteiger partial charge in [0.05, 0.1) is 11.9 Å². The molecule has 2 aromatic rings. The van der Waals surface area contributed by atoms with Crippen LogP contribution < -0.4 is 0 Å². The van der Waals surface area contributed by atoms with E-state index in [1.54, 1.807) is 12.4 Å². The molecule has 0 unspecified atom stereocenters. The predicted molar refractivity (Wildman–Crippen MR) is 124 cm³/mol. The smallest absolute Gasteiger partial charge is 0.420 e. The lowest BCUT2D eigenvalue weighted by atomic mass is 10.2. The Morgan fingerprint density at radius 3 is 2.35 bits per heavy atom. The normalized spacial score (nSPS) is 15.5. The first kappa shape index (κ1) is 24.6. The second-order valence-electron chi connectivity index (χ2n) is 8.31. The summed E-state index contributed by atoms with van der Waals surface area (Å²) in [6.45, 7) is 16.6. The van der Waals surface area contributed by atoms with E-state index in [2.05, 4.69) is 4.98 Å². The van der Waals surface area contributed by atoms with Crippen LogP contribution in [0.15, 0.2) is 18.5 Å². The predicted octanol–water partition coefficient (Wildman–Crippen LogP) is 5.21. The van der Waals surface area contributed by atoms with Crippen LogP contribution in [0.4, 0.5) is 4.79 Å².